The maximum Gasteiger partial charge on any atom is 0.242 e. The van der Waals surface area contributed by atoms with Crippen LogP contribution in [-0.2, 0) is 17.8 Å². The normalized spacial score (nSPS) is 13.8. The van der Waals surface area contributed by atoms with E-state index in [1.165, 1.54) is 16.0 Å². The number of carbonyl (C=O) groups excluding carboxylic acids is 1. The molecule has 0 atom stereocenters. The van der Waals surface area contributed by atoms with Gasteiger partial charge in [0, 0.05) is 18.0 Å². The van der Waals surface area contributed by atoms with Crippen LogP contribution < -0.4 is 5.32 Å². The predicted octanol–water partition coefficient (Wildman–Crippen LogP) is 3.00. The third kappa shape index (κ3) is 2.85. The minimum Gasteiger partial charge on any atom is -0.360 e. The molecule has 1 aromatic carbocycles. The molecule has 1 aliphatic heterocycles. The highest BCUT2D eigenvalue weighted by molar-refractivity contribution is 7.18. The molecule has 0 fully saturated rings. The Balaban J connectivity index is 1.45. The van der Waals surface area contributed by atoms with Crippen LogP contribution in [0.1, 0.15) is 16.0 Å². The van der Waals surface area contributed by atoms with Crippen molar-refractivity contribution in [1.29, 1.82) is 0 Å². The highest BCUT2D eigenvalue weighted by Gasteiger charge is 2.20. The molecule has 0 radical (unpaired) electrons. The summed E-state index contributed by atoms with van der Waals surface area (Å²) < 4.78 is 0. The lowest BCUT2D eigenvalue weighted by Crippen LogP contribution is -2.39. The molecule has 0 spiro atoms. The summed E-state index contributed by atoms with van der Waals surface area (Å²) in [5.74, 6) is 0.832. The maximum atomic E-state index is 12.5. The second kappa shape index (κ2) is 6.20. The van der Waals surface area contributed by atoms with E-state index in [1.807, 2.05) is 17.9 Å². The van der Waals surface area contributed by atoms with Crippen molar-refractivity contribution >= 4 is 33.3 Å². The molecule has 3 aromatic rings. The van der Waals surface area contributed by atoms with Crippen molar-refractivity contribution in [3.8, 4) is 0 Å². The summed E-state index contributed by atoms with van der Waals surface area (Å²) in [6.45, 7) is 3.76. The SMILES string of the molecule is Cc1cc2c(NCC(=O)N3CCc4ccccc4C3)ncnc2s1. The fourth-order valence-corrected chi connectivity index (χ4v) is 3.94. The largest absolute Gasteiger partial charge is 0.360 e. The third-order valence-corrected chi connectivity index (χ3v) is 5.30. The van der Waals surface area contributed by atoms with Gasteiger partial charge in [-0.2, -0.15) is 0 Å². The molecule has 1 N–H and O–H groups in total. The topological polar surface area (TPSA) is 58.1 Å². The van der Waals surface area contributed by atoms with E-state index in [0.717, 1.165) is 29.0 Å². The lowest BCUT2D eigenvalue weighted by Gasteiger charge is -2.29. The summed E-state index contributed by atoms with van der Waals surface area (Å²) in [5, 5.41) is 4.17. The summed E-state index contributed by atoms with van der Waals surface area (Å²) in [7, 11) is 0. The zero-order valence-corrected chi connectivity index (χ0v) is 14.3. The highest BCUT2D eigenvalue weighted by Crippen LogP contribution is 2.27. The number of hydrogen-bond acceptors (Lipinski definition) is 5. The number of anilines is 1. The van der Waals surface area contributed by atoms with Crippen LogP contribution in [0.2, 0.25) is 0 Å². The standard InChI is InChI=1S/C18H18N4OS/c1-12-8-15-17(20-11-21-18(15)24-12)19-9-16(23)22-7-6-13-4-2-3-5-14(13)10-22/h2-5,8,11H,6-7,9-10H2,1H3,(H,19,20,21). The van der Waals surface area contributed by atoms with Crippen molar-refractivity contribution in [3.05, 3.63) is 52.7 Å². The first kappa shape index (κ1) is 15.1. The van der Waals surface area contributed by atoms with Crippen LogP contribution in [-0.4, -0.2) is 33.9 Å². The molecule has 0 aliphatic carbocycles. The first-order valence-electron chi connectivity index (χ1n) is 8.00. The van der Waals surface area contributed by atoms with Gasteiger partial charge in [-0.05, 0) is 30.5 Å². The van der Waals surface area contributed by atoms with Crippen molar-refractivity contribution < 1.29 is 4.79 Å². The van der Waals surface area contributed by atoms with Gasteiger partial charge in [-0.3, -0.25) is 4.79 Å². The lowest BCUT2D eigenvalue weighted by atomic mass is 10.00. The summed E-state index contributed by atoms with van der Waals surface area (Å²) in [6.07, 6.45) is 2.46. The van der Waals surface area contributed by atoms with Crippen LogP contribution in [0.5, 0.6) is 0 Å². The second-order valence-electron chi connectivity index (χ2n) is 5.99. The maximum absolute atomic E-state index is 12.5. The summed E-state index contributed by atoms with van der Waals surface area (Å²) in [6, 6.07) is 10.4. The number of nitrogens with zero attached hydrogens (tertiary/aromatic N) is 3. The predicted molar refractivity (Wildman–Crippen MR) is 96.2 cm³/mol. The first-order valence-corrected chi connectivity index (χ1v) is 8.82. The van der Waals surface area contributed by atoms with Gasteiger partial charge in [-0.15, -0.1) is 11.3 Å². The van der Waals surface area contributed by atoms with Gasteiger partial charge in [0.25, 0.3) is 0 Å². The molecule has 0 saturated carbocycles. The minimum absolute atomic E-state index is 0.100. The number of aryl methyl sites for hydroxylation is 1. The Morgan fingerprint density at radius 1 is 1.29 bits per heavy atom. The Labute approximate surface area is 144 Å². The molecule has 122 valence electrons. The van der Waals surface area contributed by atoms with Gasteiger partial charge in [-0.1, -0.05) is 24.3 Å². The number of hydrogen-bond donors (Lipinski definition) is 1. The Bertz CT molecular complexity index is 905. The molecule has 2 aromatic heterocycles. The van der Waals surface area contributed by atoms with Gasteiger partial charge in [0.15, 0.2) is 0 Å². The van der Waals surface area contributed by atoms with E-state index in [1.54, 1.807) is 17.7 Å². The van der Waals surface area contributed by atoms with E-state index in [0.29, 0.717) is 6.54 Å². The molecule has 24 heavy (non-hydrogen) atoms. The molecule has 3 heterocycles. The van der Waals surface area contributed by atoms with Crippen LogP contribution in [0.25, 0.3) is 10.2 Å². The van der Waals surface area contributed by atoms with E-state index in [9.17, 15) is 4.79 Å². The highest BCUT2D eigenvalue weighted by atomic mass is 32.1. The van der Waals surface area contributed by atoms with E-state index >= 15 is 0 Å². The molecule has 5 nitrogen and oxygen atoms in total. The summed E-state index contributed by atoms with van der Waals surface area (Å²) >= 11 is 1.63. The number of rotatable bonds is 3. The molecule has 1 aliphatic rings. The van der Waals surface area contributed by atoms with E-state index in [4.69, 9.17) is 0 Å². The van der Waals surface area contributed by atoms with Gasteiger partial charge in [-0.25, -0.2) is 9.97 Å². The fourth-order valence-electron chi connectivity index (χ4n) is 3.10. The number of thiophene rings is 1. The van der Waals surface area contributed by atoms with E-state index in [-0.39, 0.29) is 12.5 Å². The summed E-state index contributed by atoms with van der Waals surface area (Å²) in [4.78, 5) is 25.2. The van der Waals surface area contributed by atoms with Gasteiger partial charge < -0.3 is 10.2 Å². The van der Waals surface area contributed by atoms with Crippen LogP contribution in [0.15, 0.2) is 36.7 Å². The van der Waals surface area contributed by atoms with Crippen molar-refractivity contribution in [2.75, 3.05) is 18.4 Å². The molecule has 0 saturated heterocycles. The quantitative estimate of drug-likeness (QED) is 0.797. The molecule has 1 amide bonds. The van der Waals surface area contributed by atoms with Crippen molar-refractivity contribution in [3.63, 3.8) is 0 Å². The number of carbonyl (C=O) groups is 1. The number of amides is 1. The van der Waals surface area contributed by atoms with Crippen LogP contribution in [0.4, 0.5) is 5.82 Å². The van der Waals surface area contributed by atoms with Gasteiger partial charge in [0.1, 0.15) is 17.0 Å². The smallest absolute Gasteiger partial charge is 0.242 e. The number of nitrogens with one attached hydrogen (secondary N) is 1. The Hall–Kier alpha value is -2.47. The Morgan fingerprint density at radius 3 is 3.00 bits per heavy atom. The van der Waals surface area contributed by atoms with Crippen LogP contribution >= 0.6 is 11.3 Å². The molecule has 4 rings (SSSR count). The van der Waals surface area contributed by atoms with Crippen LogP contribution in [0, 0.1) is 6.92 Å². The first-order chi connectivity index (χ1) is 11.7. The molecule has 6 heteroatoms. The van der Waals surface area contributed by atoms with Crippen molar-refractivity contribution in [2.24, 2.45) is 0 Å². The Kier molecular flexibility index (Phi) is 3.90. The zero-order valence-electron chi connectivity index (χ0n) is 13.5. The zero-order chi connectivity index (χ0) is 16.5. The minimum atomic E-state index is 0.100. The average molecular weight is 338 g/mol. The van der Waals surface area contributed by atoms with Gasteiger partial charge in [0.05, 0.1) is 11.9 Å². The average Bonchev–Trinajstić information content (AvgIpc) is 3.00. The van der Waals surface area contributed by atoms with Crippen molar-refractivity contribution in [1.82, 2.24) is 14.9 Å². The second-order valence-corrected chi connectivity index (χ2v) is 7.22. The molecular formula is C18H18N4OS. The monoisotopic (exact) mass is 338 g/mol. The van der Waals surface area contributed by atoms with Gasteiger partial charge >= 0.3 is 0 Å². The molecular weight excluding hydrogens is 320 g/mol. The lowest BCUT2D eigenvalue weighted by molar-refractivity contribution is -0.130. The van der Waals surface area contributed by atoms with Gasteiger partial charge in [0.2, 0.25) is 5.91 Å². The third-order valence-electron chi connectivity index (χ3n) is 4.34. The molecule has 0 unspecified atom stereocenters. The molecule has 0 bridgehead atoms. The number of fused-ring (bicyclic) bond motifs is 2. The Morgan fingerprint density at radius 2 is 2.12 bits per heavy atom. The van der Waals surface area contributed by atoms with Crippen molar-refractivity contribution in [2.45, 2.75) is 19.9 Å². The number of aromatic nitrogens is 2. The number of benzene rings is 1. The van der Waals surface area contributed by atoms with E-state index in [2.05, 4.69) is 39.6 Å². The van der Waals surface area contributed by atoms with Crippen LogP contribution in [0.3, 0.4) is 0 Å². The summed E-state index contributed by atoms with van der Waals surface area (Å²) in [5.41, 5.74) is 2.59. The van der Waals surface area contributed by atoms with E-state index < -0.39 is 0 Å². The fraction of sp³-hybridized carbons (Fsp3) is 0.278.